The van der Waals surface area contributed by atoms with E-state index in [9.17, 15) is 4.79 Å². The second-order valence-electron chi connectivity index (χ2n) is 8.07. The van der Waals surface area contributed by atoms with E-state index in [4.69, 9.17) is 18.9 Å². The van der Waals surface area contributed by atoms with Gasteiger partial charge in [-0.1, -0.05) is 34.1 Å². The molecule has 0 N–H and O–H groups in total. The lowest BCUT2D eigenvalue weighted by Crippen LogP contribution is -2.03. The van der Waals surface area contributed by atoms with Gasteiger partial charge in [-0.2, -0.15) is 0 Å². The third-order valence-electron chi connectivity index (χ3n) is 5.54. The van der Waals surface area contributed by atoms with Crippen molar-refractivity contribution in [3.05, 3.63) is 112 Å². The third-order valence-corrected chi connectivity index (χ3v) is 6.06. The molecule has 6 heteroatoms. The van der Waals surface area contributed by atoms with Crippen LogP contribution in [0.5, 0.6) is 17.2 Å². The molecule has 36 heavy (non-hydrogen) atoms. The Balaban J connectivity index is 1.65. The van der Waals surface area contributed by atoms with Gasteiger partial charge in [0.15, 0.2) is 11.5 Å². The zero-order valence-corrected chi connectivity index (χ0v) is 21.8. The van der Waals surface area contributed by atoms with Crippen LogP contribution in [-0.2, 0) is 22.6 Å². The molecule has 4 rings (SSSR count). The second-order valence-corrected chi connectivity index (χ2v) is 8.99. The van der Waals surface area contributed by atoms with E-state index in [0.29, 0.717) is 42.5 Å². The Hall–Kier alpha value is -3.77. The first-order valence-corrected chi connectivity index (χ1v) is 12.4. The normalized spacial score (nSPS) is 13.8. The van der Waals surface area contributed by atoms with E-state index in [-0.39, 0.29) is 0 Å². The highest BCUT2D eigenvalue weighted by Gasteiger charge is 2.23. The van der Waals surface area contributed by atoms with Crippen LogP contribution >= 0.6 is 15.9 Å². The monoisotopic (exact) mass is 546 g/mol. The number of carbonyl (C=O) groups excluding carboxylic acids is 1. The van der Waals surface area contributed by atoms with Gasteiger partial charge in [-0.25, -0.2) is 4.79 Å². The molecule has 0 spiro atoms. The van der Waals surface area contributed by atoms with Crippen molar-refractivity contribution in [3.8, 4) is 17.2 Å². The average molecular weight is 547 g/mol. The molecule has 5 nitrogen and oxygen atoms in total. The topological polar surface area (TPSA) is 54.0 Å². The minimum absolute atomic E-state index is 0.401. The molecule has 0 saturated carbocycles. The fourth-order valence-corrected chi connectivity index (χ4v) is 4.07. The maximum atomic E-state index is 12.6. The maximum absolute atomic E-state index is 12.6. The lowest BCUT2D eigenvalue weighted by molar-refractivity contribution is -0.130. The van der Waals surface area contributed by atoms with E-state index >= 15 is 0 Å². The van der Waals surface area contributed by atoms with Crippen LogP contribution in [0.2, 0.25) is 0 Å². The molecular weight excluding hydrogens is 520 g/mol. The molecule has 1 heterocycles. The van der Waals surface area contributed by atoms with Gasteiger partial charge >= 0.3 is 5.97 Å². The Bertz CT molecular complexity index is 1300. The number of ether oxygens (including phenoxy) is 4. The minimum Gasteiger partial charge on any atom is -0.497 e. The standard InChI is InChI=1S/C30H27BrO5/c1-4-6-23-15-21(16-24-18-27(36-30(24)32)22-9-13-26(33-3)14-10-22)17-28(34-5-2)29(23)35-19-20-7-11-25(31)12-8-20/h4,7-18H,1,5-6,19H2,2-3H3/b24-16+. The predicted octanol–water partition coefficient (Wildman–Crippen LogP) is 7.15. The summed E-state index contributed by atoms with van der Waals surface area (Å²) in [6.07, 6.45) is 5.95. The van der Waals surface area contributed by atoms with Crippen molar-refractivity contribution in [1.82, 2.24) is 0 Å². The number of allylic oxidation sites excluding steroid dienone is 1. The maximum Gasteiger partial charge on any atom is 0.343 e. The molecule has 3 aromatic rings. The zero-order valence-electron chi connectivity index (χ0n) is 20.3. The summed E-state index contributed by atoms with van der Waals surface area (Å²) in [6, 6.07) is 19.2. The Kier molecular flexibility index (Phi) is 8.28. The highest BCUT2D eigenvalue weighted by atomic mass is 79.9. The average Bonchev–Trinajstić information content (AvgIpc) is 3.25. The van der Waals surface area contributed by atoms with Gasteiger partial charge in [0.1, 0.15) is 18.1 Å². The highest BCUT2D eigenvalue weighted by molar-refractivity contribution is 9.10. The lowest BCUT2D eigenvalue weighted by atomic mass is 10.0. The Morgan fingerprint density at radius 1 is 1.03 bits per heavy atom. The summed E-state index contributed by atoms with van der Waals surface area (Å²) in [6.45, 7) is 6.70. The molecule has 0 aromatic heterocycles. The fraction of sp³-hybridized carbons (Fsp3) is 0.167. The molecule has 0 saturated heterocycles. The molecule has 1 aliphatic heterocycles. The van der Waals surface area contributed by atoms with Crippen LogP contribution in [0, 0.1) is 0 Å². The molecule has 184 valence electrons. The van der Waals surface area contributed by atoms with Crippen LogP contribution in [0.3, 0.4) is 0 Å². The van der Waals surface area contributed by atoms with Crippen LogP contribution in [0.25, 0.3) is 11.8 Å². The van der Waals surface area contributed by atoms with Crippen molar-refractivity contribution in [2.45, 2.75) is 20.0 Å². The summed E-state index contributed by atoms with van der Waals surface area (Å²) in [4.78, 5) is 12.6. The van der Waals surface area contributed by atoms with Gasteiger partial charge in [-0.05, 0) is 85.2 Å². The van der Waals surface area contributed by atoms with Crippen molar-refractivity contribution in [1.29, 1.82) is 0 Å². The van der Waals surface area contributed by atoms with Crippen molar-refractivity contribution in [3.63, 3.8) is 0 Å². The first kappa shape index (κ1) is 25.3. The fourth-order valence-electron chi connectivity index (χ4n) is 3.80. The zero-order chi connectivity index (χ0) is 25.5. The number of benzene rings is 3. The summed E-state index contributed by atoms with van der Waals surface area (Å²) < 4.78 is 23.9. The Morgan fingerprint density at radius 2 is 1.78 bits per heavy atom. The molecule has 0 radical (unpaired) electrons. The number of carbonyl (C=O) groups is 1. The number of methoxy groups -OCH3 is 1. The number of rotatable bonds is 10. The van der Waals surface area contributed by atoms with Crippen molar-refractivity contribution < 1.29 is 23.7 Å². The number of esters is 1. The van der Waals surface area contributed by atoms with E-state index in [2.05, 4.69) is 22.5 Å². The lowest BCUT2D eigenvalue weighted by Gasteiger charge is -2.17. The predicted molar refractivity (Wildman–Crippen MR) is 145 cm³/mol. The summed E-state index contributed by atoms with van der Waals surface area (Å²) in [7, 11) is 1.61. The molecule has 0 aliphatic carbocycles. The van der Waals surface area contributed by atoms with Gasteiger partial charge in [0.25, 0.3) is 0 Å². The van der Waals surface area contributed by atoms with Crippen molar-refractivity contribution >= 4 is 33.7 Å². The summed E-state index contributed by atoms with van der Waals surface area (Å²) in [5, 5.41) is 0. The summed E-state index contributed by atoms with van der Waals surface area (Å²) in [5.41, 5.74) is 4.03. The Labute approximate surface area is 219 Å². The van der Waals surface area contributed by atoms with Gasteiger partial charge in [0, 0.05) is 15.6 Å². The largest absolute Gasteiger partial charge is 0.497 e. The quantitative estimate of drug-likeness (QED) is 0.153. The number of halogens is 1. The number of cyclic esters (lactones) is 1. The molecular formula is C30H27BrO5. The van der Waals surface area contributed by atoms with Crippen LogP contribution in [0.15, 0.2) is 89.4 Å². The molecule has 0 atom stereocenters. The van der Waals surface area contributed by atoms with Crippen LogP contribution in [-0.4, -0.2) is 19.7 Å². The van der Waals surface area contributed by atoms with Crippen LogP contribution in [0.4, 0.5) is 0 Å². The van der Waals surface area contributed by atoms with Crippen molar-refractivity contribution in [2.24, 2.45) is 0 Å². The molecule has 0 fully saturated rings. The van der Waals surface area contributed by atoms with Crippen LogP contribution < -0.4 is 14.2 Å². The molecule has 0 bridgehead atoms. The summed E-state index contributed by atoms with van der Waals surface area (Å²) in [5.74, 6) is 2.12. The number of hydrogen-bond donors (Lipinski definition) is 0. The van der Waals surface area contributed by atoms with Gasteiger partial charge in [-0.15, -0.1) is 6.58 Å². The van der Waals surface area contributed by atoms with E-state index in [1.54, 1.807) is 19.3 Å². The van der Waals surface area contributed by atoms with E-state index in [1.165, 1.54) is 0 Å². The van der Waals surface area contributed by atoms with Gasteiger partial charge in [0.05, 0.1) is 19.3 Å². The van der Waals surface area contributed by atoms with E-state index in [1.807, 2.05) is 73.7 Å². The highest BCUT2D eigenvalue weighted by Crippen LogP contribution is 2.36. The molecule has 3 aromatic carbocycles. The minimum atomic E-state index is -0.403. The van der Waals surface area contributed by atoms with Crippen LogP contribution in [0.1, 0.15) is 29.2 Å². The second kappa shape index (κ2) is 11.8. The Morgan fingerprint density at radius 3 is 2.44 bits per heavy atom. The van der Waals surface area contributed by atoms with Gasteiger partial charge in [-0.3, -0.25) is 0 Å². The molecule has 1 aliphatic rings. The first-order chi connectivity index (χ1) is 17.5. The van der Waals surface area contributed by atoms with E-state index in [0.717, 1.165) is 32.5 Å². The van der Waals surface area contributed by atoms with Gasteiger partial charge in [0.2, 0.25) is 0 Å². The SMILES string of the molecule is C=CCc1cc(/C=C2\C=C(c3ccc(OC)cc3)OC2=O)cc(OCC)c1OCc1ccc(Br)cc1. The summed E-state index contributed by atoms with van der Waals surface area (Å²) >= 11 is 3.46. The van der Waals surface area contributed by atoms with Crippen molar-refractivity contribution in [2.75, 3.05) is 13.7 Å². The van der Waals surface area contributed by atoms with Gasteiger partial charge < -0.3 is 18.9 Å². The molecule has 0 amide bonds. The number of hydrogen-bond acceptors (Lipinski definition) is 5. The molecule has 0 unspecified atom stereocenters. The smallest absolute Gasteiger partial charge is 0.343 e. The first-order valence-electron chi connectivity index (χ1n) is 11.6. The third kappa shape index (κ3) is 6.07. The van der Waals surface area contributed by atoms with E-state index < -0.39 is 5.97 Å².